The van der Waals surface area contributed by atoms with Gasteiger partial charge in [0, 0.05) is 18.2 Å². The van der Waals surface area contributed by atoms with Gasteiger partial charge in [0.1, 0.15) is 0 Å². The Balaban J connectivity index is 1.54. The molecule has 2 aromatic carbocycles. The highest BCUT2D eigenvalue weighted by molar-refractivity contribution is 5.73. The fourth-order valence-corrected chi connectivity index (χ4v) is 6.35. The lowest BCUT2D eigenvalue weighted by Crippen LogP contribution is -2.33. The number of pyridine rings is 1. The van der Waals surface area contributed by atoms with Crippen molar-refractivity contribution in [3.05, 3.63) is 110 Å². The highest BCUT2D eigenvalue weighted by atomic mass is 14.7. The van der Waals surface area contributed by atoms with Crippen LogP contribution in [0.1, 0.15) is 53.6 Å². The molecule has 31 heavy (non-hydrogen) atoms. The SMILES string of the molecule is [C]1=CCc2nccc(C3=c4ccc5c(c4CC(C4CCC4)C3)CC=c3ccccc3=5)c21. The first-order chi connectivity index (χ1) is 15.4. The maximum atomic E-state index is 4.64. The minimum atomic E-state index is 0.772. The number of rotatable bonds is 2. The van der Waals surface area contributed by atoms with Gasteiger partial charge in [-0.3, -0.25) is 4.98 Å². The topological polar surface area (TPSA) is 12.9 Å². The van der Waals surface area contributed by atoms with Gasteiger partial charge in [-0.05, 0) is 86.4 Å². The molecule has 0 spiro atoms. The van der Waals surface area contributed by atoms with Crippen LogP contribution in [-0.4, -0.2) is 4.98 Å². The fourth-order valence-electron chi connectivity index (χ4n) is 6.35. The van der Waals surface area contributed by atoms with Crippen molar-refractivity contribution >= 4 is 11.6 Å². The van der Waals surface area contributed by atoms with E-state index in [1.165, 1.54) is 69.8 Å². The summed E-state index contributed by atoms with van der Waals surface area (Å²) in [7, 11) is 0. The summed E-state index contributed by atoms with van der Waals surface area (Å²) in [5.41, 5.74) is 8.55. The smallest absolute Gasteiger partial charge is 0.0526 e. The molecule has 1 aromatic heterocycles. The molecule has 1 saturated carbocycles. The summed E-state index contributed by atoms with van der Waals surface area (Å²) in [6, 6.07) is 16.0. The lowest BCUT2D eigenvalue weighted by Gasteiger charge is -2.38. The average molecular weight is 401 g/mol. The van der Waals surface area contributed by atoms with Gasteiger partial charge in [-0.2, -0.15) is 0 Å². The number of nitrogens with zero attached hydrogens (tertiary/aromatic N) is 1. The average Bonchev–Trinajstić information content (AvgIpc) is 3.26. The molecule has 0 saturated heterocycles. The second-order valence-corrected chi connectivity index (χ2v) is 9.68. The Morgan fingerprint density at radius 3 is 2.61 bits per heavy atom. The Kier molecular flexibility index (Phi) is 3.88. The maximum absolute atomic E-state index is 4.64. The van der Waals surface area contributed by atoms with Crippen molar-refractivity contribution in [2.45, 2.75) is 44.9 Å². The molecular formula is C30H26N. The van der Waals surface area contributed by atoms with Gasteiger partial charge in [0.2, 0.25) is 0 Å². The van der Waals surface area contributed by atoms with E-state index in [1.807, 2.05) is 6.20 Å². The van der Waals surface area contributed by atoms with Crippen molar-refractivity contribution in [2.24, 2.45) is 11.8 Å². The molecule has 4 aliphatic carbocycles. The van der Waals surface area contributed by atoms with E-state index in [-0.39, 0.29) is 0 Å². The van der Waals surface area contributed by atoms with Crippen LogP contribution in [-0.2, 0) is 19.3 Å². The lowest BCUT2D eigenvalue weighted by molar-refractivity contribution is 0.205. The van der Waals surface area contributed by atoms with Crippen LogP contribution in [0.15, 0.2) is 54.7 Å². The van der Waals surface area contributed by atoms with Crippen molar-refractivity contribution in [3.8, 4) is 0 Å². The van der Waals surface area contributed by atoms with Gasteiger partial charge >= 0.3 is 0 Å². The Morgan fingerprint density at radius 1 is 0.806 bits per heavy atom. The third-order valence-corrected chi connectivity index (χ3v) is 8.18. The van der Waals surface area contributed by atoms with E-state index in [0.717, 1.165) is 24.7 Å². The first kappa shape index (κ1) is 17.7. The Bertz CT molecular complexity index is 1470. The van der Waals surface area contributed by atoms with Gasteiger partial charge in [-0.1, -0.05) is 67.8 Å². The van der Waals surface area contributed by atoms with Crippen LogP contribution in [0.5, 0.6) is 0 Å². The summed E-state index contributed by atoms with van der Waals surface area (Å²) in [5, 5.41) is 5.73. The van der Waals surface area contributed by atoms with E-state index >= 15 is 0 Å². The van der Waals surface area contributed by atoms with Crippen LogP contribution in [0.25, 0.3) is 11.6 Å². The molecule has 3 aromatic rings. The van der Waals surface area contributed by atoms with Gasteiger partial charge in [0.15, 0.2) is 0 Å². The molecule has 151 valence electrons. The Morgan fingerprint density at radius 2 is 1.71 bits per heavy atom. The van der Waals surface area contributed by atoms with Gasteiger partial charge in [-0.15, -0.1) is 0 Å². The number of aromatic nitrogens is 1. The maximum Gasteiger partial charge on any atom is 0.0526 e. The van der Waals surface area contributed by atoms with E-state index in [0.29, 0.717) is 0 Å². The van der Waals surface area contributed by atoms with E-state index in [9.17, 15) is 0 Å². The first-order valence-electron chi connectivity index (χ1n) is 11.9. The minimum absolute atomic E-state index is 0.772. The molecule has 1 nitrogen and oxygen atoms in total. The number of fused-ring (bicyclic) bond motifs is 5. The monoisotopic (exact) mass is 400 g/mol. The molecule has 1 unspecified atom stereocenters. The van der Waals surface area contributed by atoms with Crippen LogP contribution in [0.3, 0.4) is 0 Å². The normalized spacial score (nSPS) is 20.9. The molecule has 0 bridgehead atoms. The van der Waals surface area contributed by atoms with Crippen molar-refractivity contribution < 1.29 is 0 Å². The summed E-state index contributed by atoms with van der Waals surface area (Å²) in [4.78, 5) is 4.64. The second kappa shape index (κ2) is 6.79. The van der Waals surface area contributed by atoms with E-state index in [4.69, 9.17) is 0 Å². The van der Waals surface area contributed by atoms with Crippen LogP contribution in [0, 0.1) is 28.3 Å². The summed E-state index contributed by atoms with van der Waals surface area (Å²) in [5.74, 6) is 1.67. The number of hydrogen-bond donors (Lipinski definition) is 0. The van der Waals surface area contributed by atoms with Crippen LogP contribution >= 0.6 is 0 Å². The van der Waals surface area contributed by atoms with Crippen LogP contribution in [0.4, 0.5) is 0 Å². The zero-order valence-electron chi connectivity index (χ0n) is 17.8. The van der Waals surface area contributed by atoms with Crippen molar-refractivity contribution in [1.29, 1.82) is 0 Å². The van der Waals surface area contributed by atoms with Gasteiger partial charge < -0.3 is 0 Å². The fraction of sp³-hybridized carbons (Fsp3) is 0.300. The zero-order valence-corrected chi connectivity index (χ0v) is 17.8. The lowest BCUT2D eigenvalue weighted by atomic mass is 9.67. The molecule has 1 fully saturated rings. The predicted molar refractivity (Wildman–Crippen MR) is 124 cm³/mol. The van der Waals surface area contributed by atoms with E-state index in [2.05, 4.69) is 65.7 Å². The third kappa shape index (κ3) is 2.65. The highest BCUT2D eigenvalue weighted by Gasteiger charge is 2.33. The quantitative estimate of drug-likeness (QED) is 0.616. The number of allylic oxidation sites excluding steroid dienone is 1. The van der Waals surface area contributed by atoms with E-state index < -0.39 is 0 Å². The molecule has 1 heterocycles. The van der Waals surface area contributed by atoms with Crippen LogP contribution in [0.2, 0.25) is 0 Å². The molecule has 0 amide bonds. The third-order valence-electron chi connectivity index (χ3n) is 8.18. The largest absolute Gasteiger partial charge is 0.260 e. The summed E-state index contributed by atoms with van der Waals surface area (Å²) >= 11 is 0. The molecule has 1 radical (unpaired) electrons. The van der Waals surface area contributed by atoms with Crippen molar-refractivity contribution in [1.82, 2.24) is 4.98 Å². The molecule has 0 N–H and O–H groups in total. The summed E-state index contributed by atoms with van der Waals surface area (Å²) in [6.45, 7) is 0. The molecule has 1 atom stereocenters. The van der Waals surface area contributed by atoms with Crippen molar-refractivity contribution in [3.63, 3.8) is 0 Å². The number of hydrogen-bond acceptors (Lipinski definition) is 1. The Labute approximate surface area is 183 Å². The number of benzene rings is 2. The summed E-state index contributed by atoms with van der Waals surface area (Å²) in [6.07, 6.45) is 18.8. The zero-order chi connectivity index (χ0) is 20.4. The molecule has 7 rings (SSSR count). The van der Waals surface area contributed by atoms with E-state index in [1.54, 1.807) is 16.7 Å². The molecule has 0 aliphatic heterocycles. The second-order valence-electron chi connectivity index (χ2n) is 9.68. The van der Waals surface area contributed by atoms with Gasteiger partial charge in [0.05, 0.1) is 5.69 Å². The molecule has 4 aliphatic rings. The molecule has 1 heteroatoms. The van der Waals surface area contributed by atoms with Gasteiger partial charge in [0.25, 0.3) is 0 Å². The highest BCUT2D eigenvalue weighted by Crippen LogP contribution is 2.42. The summed E-state index contributed by atoms with van der Waals surface area (Å²) < 4.78 is 0. The molecular weight excluding hydrogens is 374 g/mol. The minimum Gasteiger partial charge on any atom is -0.260 e. The predicted octanol–water partition coefficient (Wildman–Crippen LogP) is 4.53. The van der Waals surface area contributed by atoms with Crippen molar-refractivity contribution in [2.75, 3.05) is 0 Å². The first-order valence-corrected chi connectivity index (χ1v) is 11.9. The Hall–Kier alpha value is -2.93. The standard InChI is InChI=1S/C30H26N/c1-2-8-22-20(5-1)11-12-24-23(22)13-14-25-28(24)17-21(19-6-3-7-19)18-29(25)26-15-16-31-30-10-4-9-27(26)30/h1-2,4-5,8,11,13-16,19,21H,3,6-7,10,12,17-18H2. The van der Waals surface area contributed by atoms with Crippen LogP contribution < -0.4 is 10.4 Å². The van der Waals surface area contributed by atoms with Gasteiger partial charge in [-0.25, -0.2) is 0 Å².